The largest absolute Gasteiger partial charge is 0.313 e. The van der Waals surface area contributed by atoms with Gasteiger partial charge in [-0.25, -0.2) is 13.1 Å². The Morgan fingerprint density at radius 3 is 2.50 bits per heavy atom. The smallest absolute Gasteiger partial charge is 0.240 e. The molecule has 2 rings (SSSR count). The quantitative estimate of drug-likeness (QED) is 0.847. The van der Waals surface area contributed by atoms with E-state index in [1.54, 1.807) is 18.2 Å². The maximum Gasteiger partial charge on any atom is 0.240 e. The summed E-state index contributed by atoms with van der Waals surface area (Å²) in [6.07, 6.45) is 3.47. The molecule has 1 aromatic carbocycles. The highest BCUT2D eigenvalue weighted by atomic mass is 32.2. The lowest BCUT2D eigenvalue weighted by atomic mass is 9.81. The van der Waals surface area contributed by atoms with Crippen molar-refractivity contribution < 1.29 is 8.42 Å². The molecule has 2 N–H and O–H groups in total. The molecule has 0 saturated heterocycles. The highest BCUT2D eigenvalue weighted by molar-refractivity contribution is 7.89. The molecule has 0 aromatic heterocycles. The molecular weight excluding hydrogens is 272 g/mol. The Morgan fingerprint density at radius 1 is 1.25 bits per heavy atom. The summed E-state index contributed by atoms with van der Waals surface area (Å²) >= 11 is 0. The van der Waals surface area contributed by atoms with E-state index in [2.05, 4.69) is 10.0 Å². The Labute approximate surface area is 122 Å². The second kappa shape index (κ2) is 6.24. The van der Waals surface area contributed by atoms with E-state index in [-0.39, 0.29) is 12.1 Å². The highest BCUT2D eigenvalue weighted by Gasteiger charge is 2.28. The summed E-state index contributed by atoms with van der Waals surface area (Å²) < 4.78 is 27.6. The summed E-state index contributed by atoms with van der Waals surface area (Å²) in [7, 11) is -1.56. The van der Waals surface area contributed by atoms with Gasteiger partial charge in [0.25, 0.3) is 0 Å². The van der Waals surface area contributed by atoms with Crippen LogP contribution in [0.25, 0.3) is 0 Å². The minimum absolute atomic E-state index is 0.0131. The van der Waals surface area contributed by atoms with E-state index in [1.165, 1.54) is 6.42 Å². The molecule has 0 heterocycles. The third-order valence-corrected chi connectivity index (χ3v) is 5.86. The number of nitrogens with one attached hydrogen (secondary N) is 2. The van der Waals surface area contributed by atoms with Crippen LogP contribution in [0.4, 0.5) is 0 Å². The zero-order chi connectivity index (χ0) is 14.8. The fourth-order valence-corrected chi connectivity index (χ4v) is 3.83. The van der Waals surface area contributed by atoms with E-state index in [0.717, 1.165) is 18.4 Å². The molecule has 1 aliphatic rings. The zero-order valence-corrected chi connectivity index (χ0v) is 13.2. The lowest BCUT2D eigenvalue weighted by Crippen LogP contribution is -2.40. The second-order valence-electron chi connectivity index (χ2n) is 5.68. The first-order chi connectivity index (χ1) is 9.44. The van der Waals surface area contributed by atoms with Crippen LogP contribution in [0, 0.1) is 5.92 Å². The van der Waals surface area contributed by atoms with Crippen LogP contribution >= 0.6 is 0 Å². The van der Waals surface area contributed by atoms with Crippen molar-refractivity contribution in [3.63, 3.8) is 0 Å². The maximum atomic E-state index is 12.4. The first-order valence-corrected chi connectivity index (χ1v) is 8.72. The van der Waals surface area contributed by atoms with Gasteiger partial charge in [0, 0.05) is 12.1 Å². The average molecular weight is 296 g/mol. The summed E-state index contributed by atoms with van der Waals surface area (Å²) in [4.78, 5) is 0.350. The van der Waals surface area contributed by atoms with E-state index in [4.69, 9.17) is 0 Å². The van der Waals surface area contributed by atoms with Crippen molar-refractivity contribution in [3.8, 4) is 0 Å². The number of hydrogen-bond acceptors (Lipinski definition) is 3. The standard InChI is InChI=1S/C15H24N2O2S/c1-11(16-3)14-8-5-9-15(10-14)20(18,19)17-12(2)13-6-4-7-13/h5,8-13,16-17H,4,6-7H2,1-3H3. The van der Waals surface area contributed by atoms with Crippen molar-refractivity contribution in [2.24, 2.45) is 5.92 Å². The predicted octanol–water partition coefficient (Wildman–Crippen LogP) is 2.43. The monoisotopic (exact) mass is 296 g/mol. The van der Waals surface area contributed by atoms with Gasteiger partial charge in [-0.05, 0) is 57.4 Å². The van der Waals surface area contributed by atoms with Gasteiger partial charge in [-0.15, -0.1) is 0 Å². The number of benzene rings is 1. The third kappa shape index (κ3) is 3.40. The molecular formula is C15H24N2O2S. The van der Waals surface area contributed by atoms with Gasteiger partial charge in [0.2, 0.25) is 10.0 Å². The van der Waals surface area contributed by atoms with Gasteiger partial charge in [-0.1, -0.05) is 18.6 Å². The minimum Gasteiger partial charge on any atom is -0.313 e. The predicted molar refractivity (Wildman–Crippen MR) is 81.0 cm³/mol. The van der Waals surface area contributed by atoms with Crippen molar-refractivity contribution in [3.05, 3.63) is 29.8 Å². The Morgan fingerprint density at radius 2 is 1.95 bits per heavy atom. The van der Waals surface area contributed by atoms with E-state index in [1.807, 2.05) is 27.0 Å². The van der Waals surface area contributed by atoms with Crippen LogP contribution in [0.2, 0.25) is 0 Å². The molecule has 5 heteroatoms. The SMILES string of the molecule is CNC(C)c1cccc(S(=O)(=O)NC(C)C2CCC2)c1. The highest BCUT2D eigenvalue weighted by Crippen LogP contribution is 2.30. The minimum atomic E-state index is -3.42. The van der Waals surface area contributed by atoms with Gasteiger partial charge in [-0.2, -0.15) is 0 Å². The van der Waals surface area contributed by atoms with Crippen LogP contribution in [-0.4, -0.2) is 21.5 Å². The summed E-state index contributed by atoms with van der Waals surface area (Å²) in [6.45, 7) is 3.97. The molecule has 0 radical (unpaired) electrons. The summed E-state index contributed by atoms with van der Waals surface area (Å²) in [6, 6.07) is 7.29. The molecule has 1 aromatic rings. The van der Waals surface area contributed by atoms with Crippen LogP contribution in [0.5, 0.6) is 0 Å². The molecule has 2 unspecified atom stereocenters. The second-order valence-corrected chi connectivity index (χ2v) is 7.40. The maximum absolute atomic E-state index is 12.4. The average Bonchev–Trinajstić information content (AvgIpc) is 2.35. The van der Waals surface area contributed by atoms with Gasteiger partial charge in [-0.3, -0.25) is 0 Å². The molecule has 0 spiro atoms. The van der Waals surface area contributed by atoms with Gasteiger partial charge >= 0.3 is 0 Å². The lowest BCUT2D eigenvalue weighted by molar-refractivity contribution is 0.260. The molecule has 4 nitrogen and oxygen atoms in total. The van der Waals surface area contributed by atoms with Crippen LogP contribution in [0.3, 0.4) is 0 Å². The fraction of sp³-hybridized carbons (Fsp3) is 0.600. The fourth-order valence-electron chi connectivity index (χ4n) is 2.47. The van der Waals surface area contributed by atoms with Gasteiger partial charge in [0.05, 0.1) is 4.90 Å². The van der Waals surface area contributed by atoms with Crippen LogP contribution in [-0.2, 0) is 10.0 Å². The molecule has 0 amide bonds. The Kier molecular flexibility index (Phi) is 4.83. The lowest BCUT2D eigenvalue weighted by Gasteiger charge is -2.31. The van der Waals surface area contributed by atoms with Crippen molar-refractivity contribution in [1.82, 2.24) is 10.0 Å². The van der Waals surface area contributed by atoms with Crippen LogP contribution in [0.15, 0.2) is 29.2 Å². The van der Waals surface area contributed by atoms with Crippen LogP contribution < -0.4 is 10.0 Å². The molecule has 2 atom stereocenters. The van der Waals surface area contributed by atoms with E-state index in [0.29, 0.717) is 10.8 Å². The van der Waals surface area contributed by atoms with Crippen molar-refractivity contribution in [1.29, 1.82) is 0 Å². The number of sulfonamides is 1. The Balaban J connectivity index is 2.16. The van der Waals surface area contributed by atoms with Crippen molar-refractivity contribution in [2.45, 2.75) is 50.1 Å². The molecule has 0 aliphatic heterocycles. The first kappa shape index (κ1) is 15.5. The molecule has 112 valence electrons. The third-order valence-electron chi connectivity index (χ3n) is 4.30. The molecule has 1 aliphatic carbocycles. The summed E-state index contributed by atoms with van der Waals surface area (Å²) in [5.41, 5.74) is 0.978. The Bertz CT molecular complexity index is 553. The first-order valence-electron chi connectivity index (χ1n) is 7.23. The van der Waals surface area contributed by atoms with Gasteiger partial charge < -0.3 is 5.32 Å². The Hall–Kier alpha value is -0.910. The van der Waals surface area contributed by atoms with Crippen molar-refractivity contribution in [2.75, 3.05) is 7.05 Å². The normalized spacial score (nSPS) is 19.4. The van der Waals surface area contributed by atoms with E-state index in [9.17, 15) is 8.42 Å². The number of rotatable bonds is 6. The number of hydrogen-bond donors (Lipinski definition) is 2. The topological polar surface area (TPSA) is 58.2 Å². The summed E-state index contributed by atoms with van der Waals surface area (Å²) in [5.74, 6) is 0.490. The van der Waals surface area contributed by atoms with Gasteiger partial charge in [0.1, 0.15) is 0 Å². The molecule has 1 saturated carbocycles. The summed E-state index contributed by atoms with van der Waals surface area (Å²) in [5, 5.41) is 3.12. The molecule has 0 bridgehead atoms. The zero-order valence-electron chi connectivity index (χ0n) is 12.4. The molecule has 1 fully saturated rings. The molecule has 20 heavy (non-hydrogen) atoms. The van der Waals surface area contributed by atoms with Crippen molar-refractivity contribution >= 4 is 10.0 Å². The van der Waals surface area contributed by atoms with Gasteiger partial charge in [0.15, 0.2) is 0 Å². The van der Waals surface area contributed by atoms with Crippen LogP contribution in [0.1, 0.15) is 44.7 Å². The van der Waals surface area contributed by atoms with E-state index >= 15 is 0 Å². The van der Waals surface area contributed by atoms with E-state index < -0.39 is 10.0 Å².